The molecule has 24 heavy (non-hydrogen) atoms. The van der Waals surface area contributed by atoms with Gasteiger partial charge in [-0.05, 0) is 55.9 Å². The molecule has 1 saturated carbocycles. The van der Waals surface area contributed by atoms with Crippen LogP contribution in [0.3, 0.4) is 0 Å². The first-order valence-electron chi connectivity index (χ1n) is 8.56. The van der Waals surface area contributed by atoms with Gasteiger partial charge in [0.2, 0.25) is 11.8 Å². The van der Waals surface area contributed by atoms with Crippen LogP contribution in [-0.2, 0) is 9.59 Å². The van der Waals surface area contributed by atoms with Crippen LogP contribution in [0.25, 0.3) is 5.57 Å². The fourth-order valence-electron chi connectivity index (χ4n) is 3.07. The van der Waals surface area contributed by atoms with Crippen LogP contribution in [0.4, 0.5) is 4.39 Å². The summed E-state index contributed by atoms with van der Waals surface area (Å²) in [6, 6.07) is 6.21. The second-order valence-corrected chi connectivity index (χ2v) is 6.72. The van der Waals surface area contributed by atoms with Crippen molar-refractivity contribution in [3.8, 4) is 0 Å². The molecule has 2 amide bonds. The lowest BCUT2D eigenvalue weighted by Crippen LogP contribution is -2.46. The predicted octanol–water partition coefficient (Wildman–Crippen LogP) is 2.75. The second kappa shape index (κ2) is 7.16. The normalized spacial score (nSPS) is 19.2. The molecule has 1 aliphatic heterocycles. The van der Waals surface area contributed by atoms with Gasteiger partial charge in [-0.1, -0.05) is 12.1 Å². The number of allylic oxidation sites excluding steroid dienone is 1. The Labute approximate surface area is 141 Å². The number of carbonyl (C=O) groups is 2. The number of nitrogens with one attached hydrogen (secondary N) is 1. The van der Waals surface area contributed by atoms with E-state index in [2.05, 4.69) is 5.32 Å². The van der Waals surface area contributed by atoms with Crippen molar-refractivity contribution in [2.75, 3.05) is 13.1 Å². The first-order valence-corrected chi connectivity index (χ1v) is 8.56. The Hall–Kier alpha value is -2.17. The summed E-state index contributed by atoms with van der Waals surface area (Å²) < 4.78 is 12.9. The van der Waals surface area contributed by atoms with Crippen LogP contribution < -0.4 is 5.32 Å². The third-order valence-corrected chi connectivity index (χ3v) is 4.73. The van der Waals surface area contributed by atoms with E-state index in [0.29, 0.717) is 0 Å². The third kappa shape index (κ3) is 4.22. The van der Waals surface area contributed by atoms with Gasteiger partial charge in [-0.15, -0.1) is 0 Å². The average Bonchev–Trinajstić information content (AvgIpc) is 3.40. The summed E-state index contributed by atoms with van der Waals surface area (Å²) in [4.78, 5) is 26.1. The molecule has 1 aromatic rings. The van der Waals surface area contributed by atoms with E-state index in [0.717, 1.165) is 49.9 Å². The maximum Gasteiger partial charge on any atom is 0.244 e. The van der Waals surface area contributed by atoms with Gasteiger partial charge in [0.05, 0.1) is 0 Å². The number of benzene rings is 1. The van der Waals surface area contributed by atoms with Crippen LogP contribution in [-0.4, -0.2) is 35.8 Å². The molecule has 0 spiro atoms. The molecule has 0 bridgehead atoms. The van der Waals surface area contributed by atoms with Crippen molar-refractivity contribution in [1.29, 1.82) is 0 Å². The van der Waals surface area contributed by atoms with Crippen molar-refractivity contribution in [2.24, 2.45) is 5.92 Å². The maximum absolute atomic E-state index is 12.9. The molecule has 5 heteroatoms. The van der Waals surface area contributed by atoms with Crippen LogP contribution in [0.1, 0.15) is 38.2 Å². The van der Waals surface area contributed by atoms with Gasteiger partial charge >= 0.3 is 0 Å². The fraction of sp³-hybridized carbons (Fsp3) is 0.474. The quantitative estimate of drug-likeness (QED) is 0.863. The van der Waals surface area contributed by atoms with Crippen LogP contribution in [0.15, 0.2) is 30.3 Å². The van der Waals surface area contributed by atoms with Crippen molar-refractivity contribution < 1.29 is 14.0 Å². The number of piperidine rings is 1. The summed E-state index contributed by atoms with van der Waals surface area (Å²) in [5.74, 6) is 0.122. The van der Waals surface area contributed by atoms with Crippen molar-refractivity contribution in [2.45, 2.75) is 38.6 Å². The number of likely N-dealkylation sites (tertiary alicyclic amines) is 1. The van der Waals surface area contributed by atoms with E-state index >= 15 is 0 Å². The Bertz CT molecular complexity index is 642. The number of halogens is 1. The summed E-state index contributed by atoms with van der Waals surface area (Å²) in [5, 5.41) is 3.01. The molecule has 1 heterocycles. The first-order chi connectivity index (χ1) is 11.5. The zero-order chi connectivity index (χ0) is 17.1. The van der Waals surface area contributed by atoms with Crippen LogP contribution in [0.5, 0.6) is 0 Å². The highest BCUT2D eigenvalue weighted by Gasteiger charge is 2.34. The van der Waals surface area contributed by atoms with Crippen LogP contribution in [0, 0.1) is 11.7 Å². The van der Waals surface area contributed by atoms with Gasteiger partial charge < -0.3 is 10.2 Å². The average molecular weight is 330 g/mol. The minimum absolute atomic E-state index is 0.109. The lowest BCUT2D eigenvalue weighted by molar-refractivity contribution is -0.133. The summed E-state index contributed by atoms with van der Waals surface area (Å²) in [6.45, 7) is 3.28. The van der Waals surface area contributed by atoms with Gasteiger partial charge in [-0.3, -0.25) is 9.59 Å². The molecular weight excluding hydrogens is 307 g/mol. The van der Waals surface area contributed by atoms with Crippen LogP contribution >= 0.6 is 0 Å². The monoisotopic (exact) mass is 330 g/mol. The van der Waals surface area contributed by atoms with E-state index < -0.39 is 0 Å². The highest BCUT2D eigenvalue weighted by molar-refractivity contribution is 5.95. The lowest BCUT2D eigenvalue weighted by atomic mass is 10.0. The molecule has 1 aromatic carbocycles. The standard InChI is InChI=1S/C19H23FN2O2/c1-13(14-4-6-16(20)7-5-14)12-18(23)21-17-8-10-22(11-9-17)19(24)15-2-3-15/h4-7,12,15,17H,2-3,8-11H2,1H3,(H,21,23)/b13-12+. The molecule has 3 rings (SSSR count). The molecule has 1 aliphatic carbocycles. The number of hydrogen-bond acceptors (Lipinski definition) is 2. The highest BCUT2D eigenvalue weighted by Crippen LogP contribution is 2.31. The number of rotatable bonds is 4. The smallest absolute Gasteiger partial charge is 0.244 e. The van der Waals surface area contributed by atoms with Gasteiger partial charge in [0.15, 0.2) is 0 Å². The molecule has 1 saturated heterocycles. The number of nitrogens with zero attached hydrogens (tertiary/aromatic N) is 1. The van der Waals surface area contributed by atoms with E-state index in [-0.39, 0.29) is 29.6 Å². The Morgan fingerprint density at radius 3 is 2.33 bits per heavy atom. The largest absolute Gasteiger partial charge is 0.350 e. The van der Waals surface area contributed by atoms with Crippen molar-refractivity contribution in [3.05, 3.63) is 41.7 Å². The van der Waals surface area contributed by atoms with E-state index in [1.165, 1.54) is 12.1 Å². The van der Waals surface area contributed by atoms with Crippen molar-refractivity contribution in [3.63, 3.8) is 0 Å². The van der Waals surface area contributed by atoms with E-state index in [9.17, 15) is 14.0 Å². The fourth-order valence-corrected chi connectivity index (χ4v) is 3.07. The Balaban J connectivity index is 1.49. The maximum atomic E-state index is 12.9. The molecule has 0 radical (unpaired) electrons. The van der Waals surface area contributed by atoms with E-state index in [1.807, 2.05) is 11.8 Å². The molecule has 2 aliphatic rings. The van der Waals surface area contributed by atoms with Gasteiger partial charge in [0.25, 0.3) is 0 Å². The predicted molar refractivity (Wildman–Crippen MR) is 90.5 cm³/mol. The molecule has 4 nitrogen and oxygen atoms in total. The van der Waals surface area contributed by atoms with Gasteiger partial charge in [0, 0.05) is 31.1 Å². The Kier molecular flexibility index (Phi) is 4.97. The topological polar surface area (TPSA) is 49.4 Å². The minimum Gasteiger partial charge on any atom is -0.350 e. The Morgan fingerprint density at radius 2 is 1.75 bits per heavy atom. The van der Waals surface area contributed by atoms with Gasteiger partial charge in [-0.25, -0.2) is 4.39 Å². The first kappa shape index (κ1) is 16.7. The third-order valence-electron chi connectivity index (χ3n) is 4.73. The van der Waals surface area contributed by atoms with Gasteiger partial charge in [0.1, 0.15) is 5.82 Å². The SMILES string of the molecule is C/C(=C\C(=O)NC1CCN(C(=O)C2CC2)CC1)c1ccc(F)cc1. The molecule has 128 valence electrons. The molecule has 0 unspecified atom stereocenters. The highest BCUT2D eigenvalue weighted by atomic mass is 19.1. The molecular formula is C19H23FN2O2. The van der Waals surface area contributed by atoms with E-state index in [4.69, 9.17) is 0 Å². The lowest BCUT2D eigenvalue weighted by Gasteiger charge is -2.32. The number of carbonyl (C=O) groups excluding carboxylic acids is 2. The molecule has 1 N–H and O–H groups in total. The molecule has 2 fully saturated rings. The zero-order valence-electron chi connectivity index (χ0n) is 13.9. The van der Waals surface area contributed by atoms with Gasteiger partial charge in [-0.2, -0.15) is 0 Å². The molecule has 0 aromatic heterocycles. The number of hydrogen-bond donors (Lipinski definition) is 1. The molecule has 0 atom stereocenters. The Morgan fingerprint density at radius 1 is 1.12 bits per heavy atom. The number of amides is 2. The summed E-state index contributed by atoms with van der Waals surface area (Å²) in [7, 11) is 0. The van der Waals surface area contributed by atoms with Crippen LogP contribution in [0.2, 0.25) is 0 Å². The summed E-state index contributed by atoms with van der Waals surface area (Å²) >= 11 is 0. The van der Waals surface area contributed by atoms with Crippen molar-refractivity contribution >= 4 is 17.4 Å². The zero-order valence-corrected chi connectivity index (χ0v) is 13.9. The minimum atomic E-state index is -0.288. The van der Waals surface area contributed by atoms with Crippen molar-refractivity contribution in [1.82, 2.24) is 10.2 Å². The summed E-state index contributed by atoms with van der Waals surface area (Å²) in [6.07, 6.45) is 5.21. The van der Waals surface area contributed by atoms with E-state index in [1.54, 1.807) is 18.2 Å². The second-order valence-electron chi connectivity index (χ2n) is 6.72. The summed E-state index contributed by atoms with van der Waals surface area (Å²) in [5.41, 5.74) is 1.63.